The molecule has 7 heteroatoms. The van der Waals surface area contributed by atoms with Gasteiger partial charge in [0.05, 0.1) is 6.17 Å². The Bertz CT molecular complexity index is 1170. The Balaban J connectivity index is 1.37. The van der Waals surface area contributed by atoms with Crippen LogP contribution >= 0.6 is 0 Å². The molecule has 2 heterocycles. The minimum atomic E-state index is -0.522. The third-order valence-electron chi connectivity index (χ3n) is 5.20. The van der Waals surface area contributed by atoms with E-state index in [1.165, 1.54) is 0 Å². The highest BCUT2D eigenvalue weighted by atomic mass is 16.3. The van der Waals surface area contributed by atoms with Gasteiger partial charge in [-0.2, -0.15) is 0 Å². The smallest absolute Gasteiger partial charge is 0.233 e. The predicted molar refractivity (Wildman–Crippen MR) is 114 cm³/mol. The van der Waals surface area contributed by atoms with E-state index in [1.807, 2.05) is 72.8 Å². The van der Waals surface area contributed by atoms with Crippen molar-refractivity contribution in [3.8, 4) is 0 Å². The molecule has 1 aliphatic heterocycles. The monoisotopic (exact) mass is 387 g/mol. The van der Waals surface area contributed by atoms with Crippen molar-refractivity contribution < 1.29 is 9.21 Å². The standard InChI is InChI=1S/C22H21N5O2/c23-20-19(21(27-26-20)24-13-6-2-1-3-7-13)22(28)25-14-10-11-16-15-8-4-5-9-17(15)29-18(16)12-14/h1-12,19-21,24,26-27H,23H2,(H,25,28). The summed E-state index contributed by atoms with van der Waals surface area (Å²) >= 11 is 0. The van der Waals surface area contributed by atoms with E-state index < -0.39 is 12.1 Å². The third-order valence-corrected chi connectivity index (χ3v) is 5.20. The number of carbonyl (C=O) groups excluding carboxylic acids is 1. The lowest BCUT2D eigenvalue weighted by molar-refractivity contribution is -0.120. The van der Waals surface area contributed by atoms with Gasteiger partial charge in [-0.3, -0.25) is 4.79 Å². The van der Waals surface area contributed by atoms with Crippen molar-refractivity contribution >= 4 is 39.2 Å². The Morgan fingerprint density at radius 2 is 1.62 bits per heavy atom. The minimum Gasteiger partial charge on any atom is -0.456 e. The van der Waals surface area contributed by atoms with E-state index in [-0.39, 0.29) is 12.1 Å². The Kier molecular flexibility index (Phi) is 4.40. The number of rotatable bonds is 4. The molecule has 0 saturated carbocycles. The molecule has 6 N–H and O–H groups in total. The number of carbonyl (C=O) groups is 1. The van der Waals surface area contributed by atoms with Gasteiger partial charge in [-0.05, 0) is 30.3 Å². The van der Waals surface area contributed by atoms with Crippen LogP contribution in [0.5, 0.6) is 0 Å². The summed E-state index contributed by atoms with van der Waals surface area (Å²) in [5.74, 6) is -0.694. The van der Waals surface area contributed by atoms with Crippen LogP contribution in [0.3, 0.4) is 0 Å². The van der Waals surface area contributed by atoms with Gasteiger partial charge < -0.3 is 20.8 Å². The maximum absolute atomic E-state index is 13.0. The summed E-state index contributed by atoms with van der Waals surface area (Å²) in [5, 5.41) is 8.34. The van der Waals surface area contributed by atoms with Crippen LogP contribution in [0.2, 0.25) is 0 Å². The quantitative estimate of drug-likeness (QED) is 0.369. The van der Waals surface area contributed by atoms with Crippen molar-refractivity contribution in [2.24, 2.45) is 11.7 Å². The van der Waals surface area contributed by atoms with Crippen molar-refractivity contribution in [2.75, 3.05) is 10.6 Å². The zero-order valence-corrected chi connectivity index (χ0v) is 15.6. The summed E-state index contributed by atoms with van der Waals surface area (Å²) in [7, 11) is 0. The number of anilines is 2. The molecule has 0 bridgehead atoms. The number of hydrogen-bond acceptors (Lipinski definition) is 6. The SMILES string of the molecule is NC1NNC(Nc2ccccc2)C1C(=O)Nc1ccc2c(c1)oc1ccccc12. The summed E-state index contributed by atoms with van der Waals surface area (Å²) in [4.78, 5) is 13.0. The minimum absolute atomic E-state index is 0.182. The van der Waals surface area contributed by atoms with E-state index in [1.54, 1.807) is 0 Å². The lowest BCUT2D eigenvalue weighted by atomic mass is 10.0. The summed E-state index contributed by atoms with van der Waals surface area (Å²) < 4.78 is 5.91. The molecule has 0 spiro atoms. The first-order valence-corrected chi connectivity index (χ1v) is 9.49. The first-order valence-electron chi connectivity index (χ1n) is 9.49. The van der Waals surface area contributed by atoms with Crippen LogP contribution in [0.25, 0.3) is 21.9 Å². The summed E-state index contributed by atoms with van der Waals surface area (Å²) in [6.07, 6.45) is -0.867. The molecule has 1 saturated heterocycles. The molecule has 3 unspecified atom stereocenters. The molecule has 1 aliphatic rings. The highest BCUT2D eigenvalue weighted by molar-refractivity contribution is 6.06. The third kappa shape index (κ3) is 3.31. The molecule has 1 aromatic heterocycles. The molecule has 4 aromatic rings. The van der Waals surface area contributed by atoms with Gasteiger partial charge in [-0.1, -0.05) is 36.4 Å². The van der Waals surface area contributed by atoms with Gasteiger partial charge >= 0.3 is 0 Å². The molecule has 5 rings (SSSR count). The molecule has 146 valence electrons. The average molecular weight is 387 g/mol. The van der Waals surface area contributed by atoms with E-state index >= 15 is 0 Å². The van der Waals surface area contributed by atoms with E-state index in [0.29, 0.717) is 5.69 Å². The summed E-state index contributed by atoms with van der Waals surface area (Å²) in [6, 6.07) is 23.2. The van der Waals surface area contributed by atoms with Gasteiger partial charge in [0, 0.05) is 28.2 Å². The second kappa shape index (κ2) is 7.21. The van der Waals surface area contributed by atoms with Crippen LogP contribution in [0.15, 0.2) is 77.2 Å². The van der Waals surface area contributed by atoms with Crippen molar-refractivity contribution in [3.63, 3.8) is 0 Å². The topological polar surface area (TPSA) is 104 Å². The average Bonchev–Trinajstić information content (AvgIpc) is 3.28. The fraction of sp³-hybridized carbons (Fsp3) is 0.136. The van der Waals surface area contributed by atoms with Crippen molar-refractivity contribution in [1.29, 1.82) is 0 Å². The molecule has 3 atom stereocenters. The second-order valence-electron chi connectivity index (χ2n) is 7.13. The number of hydrazine groups is 1. The zero-order valence-electron chi connectivity index (χ0n) is 15.6. The first kappa shape index (κ1) is 17.7. The van der Waals surface area contributed by atoms with Crippen LogP contribution in [-0.2, 0) is 4.79 Å². The number of hydrogen-bond donors (Lipinski definition) is 5. The molecular formula is C22H21N5O2. The van der Waals surface area contributed by atoms with Gasteiger partial charge in [0.25, 0.3) is 0 Å². The maximum Gasteiger partial charge on any atom is 0.233 e. The molecule has 0 radical (unpaired) electrons. The molecule has 29 heavy (non-hydrogen) atoms. The zero-order chi connectivity index (χ0) is 19.8. The van der Waals surface area contributed by atoms with Gasteiger partial charge in [0.15, 0.2) is 0 Å². The van der Waals surface area contributed by atoms with Crippen LogP contribution in [0, 0.1) is 5.92 Å². The Hall–Kier alpha value is -3.39. The molecular weight excluding hydrogens is 366 g/mol. The van der Waals surface area contributed by atoms with Crippen LogP contribution in [-0.4, -0.2) is 18.2 Å². The molecule has 1 fully saturated rings. The lowest BCUT2D eigenvalue weighted by Crippen LogP contribution is -2.45. The fourth-order valence-electron chi connectivity index (χ4n) is 3.76. The number of fused-ring (bicyclic) bond motifs is 3. The summed E-state index contributed by atoms with van der Waals surface area (Å²) in [6.45, 7) is 0. The van der Waals surface area contributed by atoms with Crippen LogP contribution in [0.4, 0.5) is 11.4 Å². The molecule has 7 nitrogen and oxygen atoms in total. The highest BCUT2D eigenvalue weighted by Crippen LogP contribution is 2.30. The number of benzene rings is 3. The van der Waals surface area contributed by atoms with Gasteiger partial charge in [0.1, 0.15) is 23.2 Å². The van der Waals surface area contributed by atoms with Crippen LogP contribution in [0.1, 0.15) is 0 Å². The Morgan fingerprint density at radius 3 is 2.48 bits per heavy atom. The van der Waals surface area contributed by atoms with Crippen molar-refractivity contribution in [1.82, 2.24) is 10.9 Å². The maximum atomic E-state index is 13.0. The van der Waals surface area contributed by atoms with Crippen LogP contribution < -0.4 is 27.2 Å². The second-order valence-corrected chi connectivity index (χ2v) is 7.13. The van der Waals surface area contributed by atoms with E-state index in [0.717, 1.165) is 27.6 Å². The largest absolute Gasteiger partial charge is 0.456 e. The number of amides is 1. The predicted octanol–water partition coefficient (Wildman–Crippen LogP) is 2.97. The number of nitrogens with two attached hydrogens (primary N) is 1. The number of furan rings is 1. The van der Waals surface area contributed by atoms with E-state index in [9.17, 15) is 4.79 Å². The Labute approximate surface area is 167 Å². The van der Waals surface area contributed by atoms with E-state index in [4.69, 9.17) is 10.2 Å². The number of para-hydroxylation sites is 2. The van der Waals surface area contributed by atoms with Crippen molar-refractivity contribution in [3.05, 3.63) is 72.8 Å². The lowest BCUT2D eigenvalue weighted by Gasteiger charge is -2.22. The number of nitrogens with one attached hydrogen (secondary N) is 4. The fourth-order valence-corrected chi connectivity index (χ4v) is 3.76. The van der Waals surface area contributed by atoms with Crippen molar-refractivity contribution in [2.45, 2.75) is 12.3 Å². The normalized spacial score (nSPS) is 21.5. The molecule has 0 aliphatic carbocycles. The van der Waals surface area contributed by atoms with Gasteiger partial charge in [-0.25, -0.2) is 10.9 Å². The van der Waals surface area contributed by atoms with E-state index in [2.05, 4.69) is 21.5 Å². The van der Waals surface area contributed by atoms with Gasteiger partial charge in [0.2, 0.25) is 5.91 Å². The molecule has 3 aromatic carbocycles. The van der Waals surface area contributed by atoms with Gasteiger partial charge in [-0.15, -0.1) is 0 Å². The first-order chi connectivity index (χ1) is 14.2. The Morgan fingerprint density at radius 1 is 0.862 bits per heavy atom. The molecule has 1 amide bonds. The highest BCUT2D eigenvalue weighted by Gasteiger charge is 2.39. The summed E-state index contributed by atoms with van der Waals surface area (Å²) in [5.41, 5.74) is 15.2.